The van der Waals surface area contributed by atoms with Crippen LogP contribution < -0.4 is 0 Å². The number of hydrogen-bond acceptors (Lipinski definition) is 2. The van der Waals surface area contributed by atoms with E-state index in [2.05, 4.69) is 40.5 Å². The highest BCUT2D eigenvalue weighted by molar-refractivity contribution is 5.78. The van der Waals surface area contributed by atoms with Gasteiger partial charge in [-0.2, -0.15) is 0 Å². The molecule has 0 aliphatic heterocycles. The van der Waals surface area contributed by atoms with Gasteiger partial charge in [-0.15, -0.1) is 6.58 Å². The molecule has 442 valence electrons. The van der Waals surface area contributed by atoms with Gasteiger partial charge in [-0.1, -0.05) is 320 Å². The summed E-state index contributed by atoms with van der Waals surface area (Å²) in [5.41, 5.74) is 4.30. The molecule has 0 bridgehead atoms. The molecule has 0 aliphatic rings. The highest BCUT2D eigenvalue weighted by atomic mass is 16.1. The van der Waals surface area contributed by atoms with Gasteiger partial charge in [-0.3, -0.25) is 4.79 Å². The van der Waals surface area contributed by atoms with E-state index in [4.69, 9.17) is 0 Å². The van der Waals surface area contributed by atoms with Gasteiger partial charge < -0.3 is 4.79 Å². The summed E-state index contributed by atoms with van der Waals surface area (Å²) in [6.45, 7) is 21.8. The molecule has 0 aromatic heterocycles. The van der Waals surface area contributed by atoms with E-state index < -0.39 is 0 Å². The molecule has 75 heavy (non-hydrogen) atoms. The molecular weight excluding hydrogens is 909 g/mol. The van der Waals surface area contributed by atoms with Crippen LogP contribution in [-0.4, -0.2) is 11.6 Å². The van der Waals surface area contributed by atoms with Crippen LogP contribution in [0.3, 0.4) is 0 Å². The lowest BCUT2D eigenvalue weighted by atomic mass is 9.85. The fourth-order valence-electron chi connectivity index (χ4n) is 11.8. The number of allylic oxidation sites excluding steroid dienone is 3. The number of carbonyl (C=O) groups excluding carboxylic acids is 2. The molecule has 0 aliphatic carbocycles. The van der Waals surface area contributed by atoms with Gasteiger partial charge in [0, 0.05) is 19.3 Å². The monoisotopic (exact) mass is 1050 g/mol. The Morgan fingerprint density at radius 1 is 0.293 bits per heavy atom. The summed E-state index contributed by atoms with van der Waals surface area (Å²) in [4.78, 5) is 24.1. The minimum absolute atomic E-state index is 0.346. The number of rotatable bonds is 65. The average molecular weight is 1050 g/mol. The number of hydrogen-bond donors (Lipinski definition) is 0. The maximum Gasteiger partial charge on any atom is 0.132 e. The molecule has 0 heterocycles. The van der Waals surface area contributed by atoms with Crippen molar-refractivity contribution in [2.24, 2.45) is 11.8 Å². The van der Waals surface area contributed by atoms with Gasteiger partial charge in [-0.25, -0.2) is 0 Å². The van der Waals surface area contributed by atoms with Gasteiger partial charge in [0.1, 0.15) is 11.6 Å². The Morgan fingerprint density at radius 2 is 0.560 bits per heavy atom. The number of Topliss-reactive ketones (excluding diaryl/α,β-unsaturated/α-hetero) is 2. The third-order valence-corrected chi connectivity index (χ3v) is 17.4. The van der Waals surface area contributed by atoms with Crippen molar-refractivity contribution < 1.29 is 9.59 Å². The van der Waals surface area contributed by atoms with Crippen molar-refractivity contribution >= 4 is 11.6 Å². The normalized spacial score (nSPS) is 12.4. The first-order valence-electron chi connectivity index (χ1n) is 34.6. The Balaban J connectivity index is 4.25. The van der Waals surface area contributed by atoms with E-state index in [-0.39, 0.29) is 0 Å². The summed E-state index contributed by atoms with van der Waals surface area (Å²) in [5, 5.41) is 0. The summed E-state index contributed by atoms with van der Waals surface area (Å²) in [5.74, 6) is 2.21. The Labute approximate surface area is 473 Å². The van der Waals surface area contributed by atoms with E-state index in [1.807, 2.05) is 0 Å². The molecule has 0 spiro atoms. The lowest BCUT2D eigenvalue weighted by Crippen LogP contribution is -2.07. The highest BCUT2D eigenvalue weighted by Gasteiger charge is 2.15. The average Bonchev–Trinajstić information content (AvgIpc) is 3.39. The quantitative estimate of drug-likeness (QED) is 0.0449. The molecule has 2 atom stereocenters. The van der Waals surface area contributed by atoms with Crippen LogP contribution in [0.5, 0.6) is 0 Å². The maximum atomic E-state index is 13.0. The SMILES string of the molecule is C=C(C)CCCCCCCCCCCCCCCCCCCCC(=O)CCCC(CCCC(=C)CCCCCCCCCCCCCCCCCCCCC(C)=O)CCC(C)C(=C)CCCCCCCCCCCC. The highest BCUT2D eigenvalue weighted by Crippen LogP contribution is 2.29. The smallest absolute Gasteiger partial charge is 0.132 e. The Kier molecular flexibility index (Phi) is 59.0. The van der Waals surface area contributed by atoms with Crippen LogP contribution in [-0.2, 0) is 9.59 Å². The van der Waals surface area contributed by atoms with E-state index >= 15 is 0 Å². The summed E-state index contributed by atoms with van der Waals surface area (Å²) < 4.78 is 0. The van der Waals surface area contributed by atoms with Gasteiger partial charge >= 0.3 is 0 Å². The first-order chi connectivity index (χ1) is 36.6. The molecule has 2 unspecified atom stereocenters. The summed E-state index contributed by atoms with van der Waals surface area (Å²) in [6.07, 6.45) is 78.2. The first-order valence-corrected chi connectivity index (χ1v) is 34.6. The van der Waals surface area contributed by atoms with Crippen molar-refractivity contribution in [1.29, 1.82) is 0 Å². The predicted molar refractivity (Wildman–Crippen MR) is 340 cm³/mol. The molecule has 2 nitrogen and oxygen atoms in total. The molecule has 0 N–H and O–H groups in total. The van der Waals surface area contributed by atoms with Crippen LogP contribution in [0.25, 0.3) is 0 Å². The molecule has 0 amide bonds. The van der Waals surface area contributed by atoms with Gasteiger partial charge in [0.05, 0.1) is 0 Å². The van der Waals surface area contributed by atoms with Crippen molar-refractivity contribution in [3.05, 3.63) is 36.5 Å². The van der Waals surface area contributed by atoms with Crippen LogP contribution >= 0.6 is 0 Å². The van der Waals surface area contributed by atoms with Crippen LogP contribution in [0.4, 0.5) is 0 Å². The number of carbonyl (C=O) groups is 2. The van der Waals surface area contributed by atoms with Crippen molar-refractivity contribution in [3.8, 4) is 0 Å². The second-order valence-corrected chi connectivity index (χ2v) is 25.4. The van der Waals surface area contributed by atoms with Crippen LogP contribution in [0.2, 0.25) is 0 Å². The zero-order valence-electron chi connectivity index (χ0n) is 52.3. The zero-order chi connectivity index (χ0) is 54.8. The molecule has 0 saturated carbocycles. The molecule has 0 radical (unpaired) electrons. The second kappa shape index (κ2) is 60.2. The van der Waals surface area contributed by atoms with E-state index in [9.17, 15) is 9.59 Å². The van der Waals surface area contributed by atoms with Crippen molar-refractivity contribution in [2.45, 2.75) is 407 Å². The number of ketones is 2. The van der Waals surface area contributed by atoms with Crippen molar-refractivity contribution in [1.82, 2.24) is 0 Å². The van der Waals surface area contributed by atoms with Crippen LogP contribution in [0.15, 0.2) is 36.5 Å². The topological polar surface area (TPSA) is 34.1 Å². The fourth-order valence-corrected chi connectivity index (χ4v) is 11.8. The standard InChI is InChI=1S/C73H138O2/c1-8-9-10-11-12-13-36-41-46-51-59-69(5)70(6)65-66-72(61-54-58-68(4)57-50-45-40-35-31-27-23-19-15-16-20-24-28-32-37-42-47-52-60-71(7)74)62-55-64-73(75)63-53-48-43-38-33-29-25-21-17-14-18-22-26-30-34-39-44-49-56-67(2)3/h70,72H,2,4-5,8-66H2,1,3,6-7H3. The van der Waals surface area contributed by atoms with E-state index in [0.717, 1.165) is 44.4 Å². The van der Waals surface area contributed by atoms with E-state index in [0.29, 0.717) is 17.5 Å². The third-order valence-electron chi connectivity index (χ3n) is 17.4. The third kappa shape index (κ3) is 60.1. The molecule has 0 fully saturated rings. The lowest BCUT2D eigenvalue weighted by molar-refractivity contribution is -0.119. The lowest BCUT2D eigenvalue weighted by Gasteiger charge is -2.21. The fraction of sp³-hybridized carbons (Fsp3) is 0.890. The van der Waals surface area contributed by atoms with Gasteiger partial charge in [-0.05, 0) is 109 Å². The van der Waals surface area contributed by atoms with E-state index in [1.165, 1.54) is 357 Å². The molecule has 0 saturated heterocycles. The van der Waals surface area contributed by atoms with E-state index in [1.54, 1.807) is 6.92 Å². The van der Waals surface area contributed by atoms with Gasteiger partial charge in [0.15, 0.2) is 0 Å². The summed E-state index contributed by atoms with van der Waals surface area (Å²) in [6, 6.07) is 0. The Morgan fingerprint density at radius 3 is 0.907 bits per heavy atom. The minimum atomic E-state index is 0.346. The molecule has 2 heteroatoms. The van der Waals surface area contributed by atoms with Crippen LogP contribution in [0.1, 0.15) is 407 Å². The second-order valence-electron chi connectivity index (χ2n) is 25.4. The summed E-state index contributed by atoms with van der Waals surface area (Å²) in [7, 11) is 0. The minimum Gasteiger partial charge on any atom is -0.300 e. The molecular formula is C73H138O2. The van der Waals surface area contributed by atoms with Crippen LogP contribution in [0, 0.1) is 11.8 Å². The van der Waals surface area contributed by atoms with Gasteiger partial charge in [0.25, 0.3) is 0 Å². The maximum absolute atomic E-state index is 13.0. The zero-order valence-corrected chi connectivity index (χ0v) is 52.3. The molecule has 0 aromatic rings. The molecule has 0 aromatic carbocycles. The first kappa shape index (κ1) is 73.6. The Bertz CT molecular complexity index is 1170. The number of unbranched alkanes of at least 4 members (excludes halogenated alkanes) is 43. The predicted octanol–water partition coefficient (Wildman–Crippen LogP) is 26.1. The molecule has 0 rings (SSSR count). The summed E-state index contributed by atoms with van der Waals surface area (Å²) >= 11 is 0. The largest absolute Gasteiger partial charge is 0.300 e. The van der Waals surface area contributed by atoms with Crippen molar-refractivity contribution in [3.63, 3.8) is 0 Å². The van der Waals surface area contributed by atoms with Crippen molar-refractivity contribution in [2.75, 3.05) is 0 Å². The van der Waals surface area contributed by atoms with Gasteiger partial charge in [0.2, 0.25) is 0 Å². The Hall–Kier alpha value is -1.44.